The van der Waals surface area contributed by atoms with E-state index in [9.17, 15) is 0 Å². The Balaban J connectivity index is 2.09. The maximum absolute atomic E-state index is 6.07. The number of benzene rings is 1. The molecule has 4 heteroatoms. The monoisotopic (exact) mass is 324 g/mol. The van der Waals surface area contributed by atoms with Gasteiger partial charge in [-0.15, -0.1) is 0 Å². The van der Waals surface area contributed by atoms with E-state index in [4.69, 9.17) is 23.2 Å². The fourth-order valence-electron chi connectivity index (χ4n) is 2.53. The Morgan fingerprint density at radius 2 is 1.95 bits per heavy atom. The summed E-state index contributed by atoms with van der Waals surface area (Å²) in [6.07, 6.45) is 6.67. The molecule has 0 bridgehead atoms. The standard InChI is InChI=1S/C17H22Cl2N2/c1-3-5-17(20-4-2)14-8-9-21(12-14)11-13-6-7-15(18)16(19)10-13/h6-10,12,17,20H,3-5,11H2,1-2H3. The summed E-state index contributed by atoms with van der Waals surface area (Å²) in [6, 6.07) is 8.43. The van der Waals surface area contributed by atoms with Gasteiger partial charge in [0.15, 0.2) is 0 Å². The average molecular weight is 325 g/mol. The van der Waals surface area contributed by atoms with Crippen LogP contribution in [0.15, 0.2) is 36.7 Å². The first-order chi connectivity index (χ1) is 10.1. The van der Waals surface area contributed by atoms with Gasteiger partial charge in [-0.25, -0.2) is 0 Å². The van der Waals surface area contributed by atoms with E-state index in [0.717, 1.165) is 25.1 Å². The molecule has 1 atom stereocenters. The van der Waals surface area contributed by atoms with E-state index >= 15 is 0 Å². The first-order valence-electron chi connectivity index (χ1n) is 7.47. The van der Waals surface area contributed by atoms with Crippen molar-refractivity contribution in [1.82, 2.24) is 9.88 Å². The van der Waals surface area contributed by atoms with Crippen LogP contribution in [0, 0.1) is 0 Å². The molecule has 2 aromatic rings. The molecule has 1 aromatic heterocycles. The molecule has 0 aliphatic rings. The molecule has 1 aromatic carbocycles. The average Bonchev–Trinajstić information content (AvgIpc) is 2.91. The molecule has 0 fully saturated rings. The van der Waals surface area contributed by atoms with Crippen LogP contribution in [0.5, 0.6) is 0 Å². The molecule has 0 saturated heterocycles. The van der Waals surface area contributed by atoms with Crippen molar-refractivity contribution in [2.24, 2.45) is 0 Å². The summed E-state index contributed by atoms with van der Waals surface area (Å²) in [4.78, 5) is 0. The fraction of sp³-hybridized carbons (Fsp3) is 0.412. The van der Waals surface area contributed by atoms with Crippen molar-refractivity contribution in [2.45, 2.75) is 39.3 Å². The Morgan fingerprint density at radius 1 is 1.14 bits per heavy atom. The molecule has 1 heterocycles. The summed E-state index contributed by atoms with van der Waals surface area (Å²) in [7, 11) is 0. The van der Waals surface area contributed by atoms with Gasteiger partial charge in [-0.1, -0.05) is 49.5 Å². The van der Waals surface area contributed by atoms with E-state index < -0.39 is 0 Å². The second-order valence-corrected chi connectivity index (χ2v) is 6.08. The highest BCUT2D eigenvalue weighted by atomic mass is 35.5. The third-order valence-corrected chi connectivity index (χ3v) is 4.29. The van der Waals surface area contributed by atoms with Crippen LogP contribution in [0.1, 0.15) is 43.9 Å². The Morgan fingerprint density at radius 3 is 2.62 bits per heavy atom. The minimum atomic E-state index is 0.440. The maximum atomic E-state index is 6.07. The molecule has 0 radical (unpaired) electrons. The molecule has 2 rings (SSSR count). The van der Waals surface area contributed by atoms with Gasteiger partial charge in [0.05, 0.1) is 10.0 Å². The first-order valence-corrected chi connectivity index (χ1v) is 8.22. The Labute approximate surface area is 137 Å². The van der Waals surface area contributed by atoms with Crippen LogP contribution in [-0.4, -0.2) is 11.1 Å². The normalized spacial score (nSPS) is 12.6. The Kier molecular flexibility index (Phi) is 6.16. The minimum absolute atomic E-state index is 0.440. The highest BCUT2D eigenvalue weighted by molar-refractivity contribution is 6.42. The topological polar surface area (TPSA) is 17.0 Å². The summed E-state index contributed by atoms with van der Waals surface area (Å²) in [5.74, 6) is 0. The minimum Gasteiger partial charge on any atom is -0.350 e. The van der Waals surface area contributed by atoms with Gasteiger partial charge >= 0.3 is 0 Å². The maximum Gasteiger partial charge on any atom is 0.0595 e. The van der Waals surface area contributed by atoms with Crippen LogP contribution in [0.3, 0.4) is 0 Å². The lowest BCUT2D eigenvalue weighted by Gasteiger charge is -2.15. The van der Waals surface area contributed by atoms with Gasteiger partial charge in [-0.3, -0.25) is 0 Å². The van der Waals surface area contributed by atoms with Gasteiger partial charge in [-0.2, -0.15) is 0 Å². The zero-order valence-electron chi connectivity index (χ0n) is 12.6. The molecular weight excluding hydrogens is 303 g/mol. The quantitative estimate of drug-likeness (QED) is 0.731. The lowest BCUT2D eigenvalue weighted by Crippen LogP contribution is -2.20. The van der Waals surface area contributed by atoms with Crippen LogP contribution in [0.25, 0.3) is 0 Å². The van der Waals surface area contributed by atoms with Gasteiger partial charge in [0.25, 0.3) is 0 Å². The lowest BCUT2D eigenvalue weighted by molar-refractivity contribution is 0.508. The number of hydrogen-bond donors (Lipinski definition) is 1. The molecule has 21 heavy (non-hydrogen) atoms. The number of hydrogen-bond acceptors (Lipinski definition) is 1. The smallest absolute Gasteiger partial charge is 0.0595 e. The first kappa shape index (κ1) is 16.4. The zero-order valence-corrected chi connectivity index (χ0v) is 14.1. The zero-order chi connectivity index (χ0) is 15.2. The van der Waals surface area contributed by atoms with Crippen molar-refractivity contribution in [3.05, 3.63) is 57.8 Å². The van der Waals surface area contributed by atoms with E-state index in [0.29, 0.717) is 16.1 Å². The second kappa shape index (κ2) is 7.88. The molecule has 0 amide bonds. The van der Waals surface area contributed by atoms with E-state index in [2.05, 4.69) is 42.2 Å². The molecular formula is C17H22Cl2N2. The van der Waals surface area contributed by atoms with Crippen molar-refractivity contribution in [3.8, 4) is 0 Å². The summed E-state index contributed by atoms with van der Waals surface area (Å²) in [6.45, 7) is 6.16. The fourth-order valence-corrected chi connectivity index (χ4v) is 2.85. The van der Waals surface area contributed by atoms with Crippen molar-refractivity contribution >= 4 is 23.2 Å². The van der Waals surface area contributed by atoms with Crippen molar-refractivity contribution < 1.29 is 0 Å². The number of nitrogens with one attached hydrogen (secondary N) is 1. The van der Waals surface area contributed by atoms with Gasteiger partial charge in [-0.05, 0) is 42.3 Å². The van der Waals surface area contributed by atoms with Crippen LogP contribution in [-0.2, 0) is 6.54 Å². The lowest BCUT2D eigenvalue weighted by atomic mass is 10.1. The Hall–Kier alpha value is -0.960. The van der Waals surface area contributed by atoms with Gasteiger partial charge in [0.1, 0.15) is 0 Å². The Bertz CT molecular complexity index is 572. The number of rotatable bonds is 7. The summed E-state index contributed by atoms with van der Waals surface area (Å²) in [5, 5.41) is 4.75. The van der Waals surface area contributed by atoms with E-state index in [1.54, 1.807) is 0 Å². The number of halogens is 2. The molecule has 0 aliphatic heterocycles. The third-order valence-electron chi connectivity index (χ3n) is 3.55. The SMILES string of the molecule is CCCC(NCC)c1ccn(Cc2ccc(Cl)c(Cl)c2)c1. The van der Waals surface area contributed by atoms with Crippen LogP contribution >= 0.6 is 23.2 Å². The van der Waals surface area contributed by atoms with Crippen LogP contribution in [0.2, 0.25) is 10.0 Å². The predicted molar refractivity (Wildman–Crippen MR) is 91.3 cm³/mol. The highest BCUT2D eigenvalue weighted by Gasteiger charge is 2.10. The molecule has 2 nitrogen and oxygen atoms in total. The highest BCUT2D eigenvalue weighted by Crippen LogP contribution is 2.24. The summed E-state index contributed by atoms with van der Waals surface area (Å²) >= 11 is 12.0. The molecule has 0 aliphatic carbocycles. The van der Waals surface area contributed by atoms with Crippen LogP contribution in [0.4, 0.5) is 0 Å². The van der Waals surface area contributed by atoms with Gasteiger partial charge in [0, 0.05) is 25.0 Å². The summed E-state index contributed by atoms with van der Waals surface area (Å²) < 4.78 is 2.19. The van der Waals surface area contributed by atoms with E-state index in [1.807, 2.05) is 18.2 Å². The van der Waals surface area contributed by atoms with Crippen molar-refractivity contribution in [2.75, 3.05) is 6.54 Å². The van der Waals surface area contributed by atoms with E-state index in [-0.39, 0.29) is 0 Å². The molecule has 1 unspecified atom stereocenters. The summed E-state index contributed by atoms with van der Waals surface area (Å²) in [5.41, 5.74) is 2.50. The largest absolute Gasteiger partial charge is 0.350 e. The van der Waals surface area contributed by atoms with Crippen molar-refractivity contribution in [3.63, 3.8) is 0 Å². The number of nitrogens with zero attached hydrogens (tertiary/aromatic N) is 1. The predicted octanol–water partition coefficient (Wildman–Crippen LogP) is 5.29. The second-order valence-electron chi connectivity index (χ2n) is 5.26. The van der Waals surface area contributed by atoms with Gasteiger partial charge in [0.2, 0.25) is 0 Å². The van der Waals surface area contributed by atoms with E-state index in [1.165, 1.54) is 12.0 Å². The molecule has 114 valence electrons. The molecule has 0 saturated carbocycles. The number of aromatic nitrogens is 1. The molecule has 0 spiro atoms. The van der Waals surface area contributed by atoms with Crippen molar-refractivity contribution in [1.29, 1.82) is 0 Å². The van der Waals surface area contributed by atoms with Gasteiger partial charge < -0.3 is 9.88 Å². The molecule has 1 N–H and O–H groups in total. The third kappa shape index (κ3) is 4.50. The van der Waals surface area contributed by atoms with Crippen LogP contribution < -0.4 is 5.32 Å².